The molecule has 7 nitrogen and oxygen atoms in total. The molecular formula is C22H24ClN7. The second-order valence-corrected chi connectivity index (χ2v) is 8.38. The van der Waals surface area contributed by atoms with Crippen molar-refractivity contribution in [3.63, 3.8) is 0 Å². The minimum absolute atomic E-state index is 0.480. The molecule has 2 aliphatic heterocycles. The monoisotopic (exact) mass is 421 g/mol. The average Bonchev–Trinajstić information content (AvgIpc) is 2.99. The Morgan fingerprint density at radius 1 is 1.17 bits per heavy atom. The molecule has 8 heteroatoms. The third-order valence-electron chi connectivity index (χ3n) is 5.95. The summed E-state index contributed by atoms with van der Waals surface area (Å²) in [7, 11) is 2.17. The van der Waals surface area contributed by atoms with Gasteiger partial charge in [-0.3, -0.25) is 5.10 Å². The van der Waals surface area contributed by atoms with Crippen LogP contribution in [-0.4, -0.2) is 58.5 Å². The van der Waals surface area contributed by atoms with E-state index in [-0.39, 0.29) is 0 Å². The predicted molar refractivity (Wildman–Crippen MR) is 122 cm³/mol. The minimum atomic E-state index is 0.480. The Bertz CT molecular complexity index is 1140. The van der Waals surface area contributed by atoms with Crippen LogP contribution in [0.5, 0.6) is 0 Å². The van der Waals surface area contributed by atoms with Crippen molar-refractivity contribution in [2.75, 3.05) is 36.9 Å². The summed E-state index contributed by atoms with van der Waals surface area (Å²) in [5.41, 5.74) is 5.18. The smallest absolute Gasteiger partial charge is 0.178 e. The number of aliphatic imine (C=N–C) groups is 1. The van der Waals surface area contributed by atoms with E-state index in [1.54, 1.807) is 0 Å². The largest absolute Gasteiger partial charge is 0.354 e. The van der Waals surface area contributed by atoms with Gasteiger partial charge in [0.05, 0.1) is 17.1 Å². The summed E-state index contributed by atoms with van der Waals surface area (Å²) in [6, 6.07) is 10.3. The Hall–Kier alpha value is -2.90. The Balaban J connectivity index is 1.63. The van der Waals surface area contributed by atoms with Crippen molar-refractivity contribution in [1.82, 2.24) is 20.1 Å². The van der Waals surface area contributed by atoms with Gasteiger partial charge in [0.25, 0.3) is 0 Å². The van der Waals surface area contributed by atoms with Gasteiger partial charge in [-0.1, -0.05) is 29.8 Å². The molecule has 0 saturated carbocycles. The summed E-state index contributed by atoms with van der Waals surface area (Å²) < 4.78 is 0. The van der Waals surface area contributed by atoms with Gasteiger partial charge in [-0.2, -0.15) is 5.10 Å². The summed E-state index contributed by atoms with van der Waals surface area (Å²) in [4.78, 5) is 14.5. The number of aryl methyl sites for hydroxylation is 1. The third kappa shape index (κ3) is 3.24. The van der Waals surface area contributed by atoms with Crippen molar-refractivity contribution in [3.05, 3.63) is 58.4 Å². The van der Waals surface area contributed by atoms with E-state index in [1.165, 1.54) is 0 Å². The van der Waals surface area contributed by atoms with Gasteiger partial charge in [-0.25, -0.2) is 9.98 Å². The molecule has 0 aliphatic carbocycles. The van der Waals surface area contributed by atoms with Crippen LogP contribution in [0.3, 0.4) is 0 Å². The highest BCUT2D eigenvalue weighted by Crippen LogP contribution is 2.38. The van der Waals surface area contributed by atoms with E-state index in [0.29, 0.717) is 16.9 Å². The van der Waals surface area contributed by atoms with Crippen LogP contribution in [-0.2, 0) is 0 Å². The number of halogens is 1. The highest BCUT2D eigenvalue weighted by Gasteiger charge is 2.26. The zero-order valence-electron chi connectivity index (χ0n) is 17.3. The Morgan fingerprint density at radius 2 is 2.00 bits per heavy atom. The molecule has 154 valence electrons. The molecule has 0 spiro atoms. The van der Waals surface area contributed by atoms with E-state index in [2.05, 4.69) is 45.4 Å². The van der Waals surface area contributed by atoms with E-state index < -0.39 is 0 Å². The third-order valence-corrected chi connectivity index (χ3v) is 6.28. The summed E-state index contributed by atoms with van der Waals surface area (Å²) in [5.74, 6) is 1.66. The fourth-order valence-corrected chi connectivity index (χ4v) is 4.20. The summed E-state index contributed by atoms with van der Waals surface area (Å²) in [5, 5.41) is 11.6. The number of likely N-dealkylation sites (N-methyl/N-ethyl adjacent to an activating group) is 1. The van der Waals surface area contributed by atoms with Crippen LogP contribution in [0.1, 0.15) is 23.7 Å². The number of hydrogen-bond donors (Lipinski definition) is 2. The molecular weight excluding hydrogens is 398 g/mol. The molecule has 2 aromatic heterocycles. The van der Waals surface area contributed by atoms with Gasteiger partial charge in [0.2, 0.25) is 0 Å². The molecule has 0 bridgehead atoms. The Morgan fingerprint density at radius 3 is 2.80 bits per heavy atom. The second-order valence-electron chi connectivity index (χ2n) is 7.97. The fraction of sp³-hybridized carbons (Fsp3) is 0.318. The highest BCUT2D eigenvalue weighted by molar-refractivity contribution is 6.36. The van der Waals surface area contributed by atoms with Crippen molar-refractivity contribution in [3.8, 4) is 0 Å². The molecule has 0 radical (unpaired) electrons. The fourth-order valence-electron chi connectivity index (χ4n) is 3.97. The standard InChI is InChI=1S/C22H24ClN7/c1-13-12-30(9-8-29(13)3)19-10-18-16(11-24-19)21(15-6-4-5-7-17(15)23)26-20-14(2)27-28-22(20)25-18/h4-7,10-11,13H,8-9,12H2,1-3H3,(H2,25,27,28)/t13-/m1/s1. The van der Waals surface area contributed by atoms with Crippen LogP contribution < -0.4 is 10.2 Å². The van der Waals surface area contributed by atoms with Crippen LogP contribution in [0.15, 0.2) is 41.5 Å². The van der Waals surface area contributed by atoms with Crippen LogP contribution >= 0.6 is 11.6 Å². The number of H-pyrrole nitrogens is 1. The molecule has 3 aromatic rings. The molecule has 4 heterocycles. The first-order chi connectivity index (χ1) is 14.5. The minimum Gasteiger partial charge on any atom is -0.354 e. The number of aromatic nitrogens is 3. The number of nitrogens with zero attached hydrogens (tertiary/aromatic N) is 5. The number of aromatic amines is 1. The molecule has 0 unspecified atom stereocenters. The average molecular weight is 422 g/mol. The molecule has 1 aromatic carbocycles. The number of pyridine rings is 1. The SMILES string of the molecule is Cc1[nH]nc2c1N=C(c1ccccc1Cl)c1cnc(N3CCN(C)[C@H](C)C3)cc1N2. The van der Waals surface area contributed by atoms with E-state index >= 15 is 0 Å². The lowest BCUT2D eigenvalue weighted by Gasteiger charge is -2.38. The van der Waals surface area contributed by atoms with E-state index in [0.717, 1.165) is 59.4 Å². The van der Waals surface area contributed by atoms with Crippen molar-refractivity contribution in [2.45, 2.75) is 19.9 Å². The van der Waals surface area contributed by atoms with Gasteiger partial charge in [0, 0.05) is 54.1 Å². The number of anilines is 3. The maximum Gasteiger partial charge on any atom is 0.178 e. The van der Waals surface area contributed by atoms with Gasteiger partial charge < -0.3 is 15.1 Å². The topological polar surface area (TPSA) is 72.4 Å². The molecule has 1 atom stereocenters. The van der Waals surface area contributed by atoms with Gasteiger partial charge in [0.15, 0.2) is 5.82 Å². The number of rotatable bonds is 2. The van der Waals surface area contributed by atoms with Gasteiger partial charge in [0.1, 0.15) is 11.5 Å². The van der Waals surface area contributed by atoms with Crippen molar-refractivity contribution >= 4 is 40.3 Å². The number of piperazine rings is 1. The molecule has 1 saturated heterocycles. The van der Waals surface area contributed by atoms with Crippen molar-refractivity contribution in [2.24, 2.45) is 4.99 Å². The van der Waals surface area contributed by atoms with Crippen molar-refractivity contribution in [1.29, 1.82) is 0 Å². The van der Waals surface area contributed by atoms with Gasteiger partial charge >= 0.3 is 0 Å². The Kier molecular flexibility index (Phi) is 4.72. The van der Waals surface area contributed by atoms with E-state index in [9.17, 15) is 0 Å². The maximum absolute atomic E-state index is 6.54. The zero-order valence-corrected chi connectivity index (χ0v) is 18.0. The highest BCUT2D eigenvalue weighted by atomic mass is 35.5. The predicted octanol–water partition coefficient (Wildman–Crippen LogP) is 4.13. The molecule has 2 N–H and O–H groups in total. The summed E-state index contributed by atoms with van der Waals surface area (Å²) in [6.45, 7) is 7.12. The number of benzene rings is 1. The van der Waals surface area contributed by atoms with Crippen molar-refractivity contribution < 1.29 is 0 Å². The Labute approximate surface area is 180 Å². The number of fused-ring (bicyclic) bond motifs is 2. The number of hydrogen-bond acceptors (Lipinski definition) is 6. The maximum atomic E-state index is 6.54. The molecule has 0 amide bonds. The van der Waals surface area contributed by atoms with Gasteiger partial charge in [-0.15, -0.1) is 0 Å². The lowest BCUT2D eigenvalue weighted by molar-refractivity contribution is 0.233. The first-order valence-corrected chi connectivity index (χ1v) is 10.5. The van der Waals surface area contributed by atoms with Gasteiger partial charge in [-0.05, 0) is 27.0 Å². The van der Waals surface area contributed by atoms with E-state index in [4.69, 9.17) is 21.6 Å². The molecule has 2 aliphatic rings. The van der Waals surface area contributed by atoms with Crippen LogP contribution in [0.25, 0.3) is 0 Å². The molecule has 30 heavy (non-hydrogen) atoms. The summed E-state index contributed by atoms with van der Waals surface area (Å²) in [6.07, 6.45) is 1.90. The normalized spacial score (nSPS) is 18.9. The molecule has 5 rings (SSSR count). The summed E-state index contributed by atoms with van der Waals surface area (Å²) >= 11 is 6.54. The lowest BCUT2D eigenvalue weighted by Crippen LogP contribution is -2.50. The first kappa shape index (κ1) is 19.1. The first-order valence-electron chi connectivity index (χ1n) is 10.1. The van der Waals surface area contributed by atoms with E-state index in [1.807, 2.05) is 37.4 Å². The van der Waals surface area contributed by atoms with Crippen LogP contribution in [0, 0.1) is 6.92 Å². The zero-order chi connectivity index (χ0) is 20.8. The second kappa shape index (κ2) is 7.41. The molecule has 1 fully saturated rings. The lowest BCUT2D eigenvalue weighted by atomic mass is 10.0. The number of nitrogens with one attached hydrogen (secondary N) is 2. The quantitative estimate of drug-likeness (QED) is 0.509. The van der Waals surface area contributed by atoms with Crippen LogP contribution in [0.2, 0.25) is 5.02 Å². The van der Waals surface area contributed by atoms with Crippen LogP contribution in [0.4, 0.5) is 23.0 Å².